The number of ether oxygens (including phenoxy) is 1. The molecule has 0 aliphatic carbocycles. The first-order chi connectivity index (χ1) is 8.11. The van der Waals surface area contributed by atoms with Crippen LogP contribution in [0.4, 0.5) is 5.69 Å². The van der Waals surface area contributed by atoms with E-state index in [1.807, 2.05) is 25.1 Å². The van der Waals surface area contributed by atoms with Crippen LogP contribution in [0, 0.1) is 12.8 Å². The minimum atomic E-state index is 0.703. The Hall–Kier alpha value is -0.730. The van der Waals surface area contributed by atoms with Gasteiger partial charge in [-0.3, -0.25) is 0 Å². The highest BCUT2D eigenvalue weighted by molar-refractivity contribution is 6.33. The van der Waals surface area contributed by atoms with E-state index >= 15 is 0 Å². The third-order valence-corrected chi connectivity index (χ3v) is 2.92. The summed E-state index contributed by atoms with van der Waals surface area (Å²) in [4.78, 5) is 0. The number of benzene rings is 1. The van der Waals surface area contributed by atoms with E-state index in [2.05, 4.69) is 19.2 Å². The molecule has 2 nitrogen and oxygen atoms in total. The summed E-state index contributed by atoms with van der Waals surface area (Å²) in [5, 5.41) is 4.08. The zero-order chi connectivity index (χ0) is 12.7. The normalized spacial score (nSPS) is 10.9. The quantitative estimate of drug-likeness (QED) is 0.740. The third kappa shape index (κ3) is 5.42. The predicted octanol–water partition coefficient (Wildman–Crippen LogP) is 4.12. The molecule has 0 amide bonds. The molecule has 1 N–H and O–H groups in total. The van der Waals surface area contributed by atoms with Crippen molar-refractivity contribution in [3.05, 3.63) is 28.8 Å². The van der Waals surface area contributed by atoms with Crippen LogP contribution >= 0.6 is 11.6 Å². The largest absolute Gasteiger partial charge is 0.381 e. The van der Waals surface area contributed by atoms with Gasteiger partial charge in [0.25, 0.3) is 0 Å². The number of nitrogens with one attached hydrogen (secondary N) is 1. The van der Waals surface area contributed by atoms with Gasteiger partial charge < -0.3 is 10.1 Å². The maximum Gasteiger partial charge on any atom is 0.0640 e. The van der Waals surface area contributed by atoms with Crippen LogP contribution < -0.4 is 5.32 Å². The molecule has 1 aromatic carbocycles. The van der Waals surface area contributed by atoms with Crippen molar-refractivity contribution in [1.29, 1.82) is 0 Å². The highest BCUT2D eigenvalue weighted by atomic mass is 35.5. The number of halogens is 1. The Morgan fingerprint density at radius 1 is 1.29 bits per heavy atom. The monoisotopic (exact) mass is 255 g/mol. The van der Waals surface area contributed by atoms with Crippen LogP contribution in [0.5, 0.6) is 0 Å². The molecule has 0 aromatic heterocycles. The smallest absolute Gasteiger partial charge is 0.0640 e. The molecular formula is C14H22ClNO. The van der Waals surface area contributed by atoms with Gasteiger partial charge in [0.2, 0.25) is 0 Å². The molecule has 0 fully saturated rings. The zero-order valence-electron chi connectivity index (χ0n) is 10.9. The van der Waals surface area contributed by atoms with Crippen molar-refractivity contribution in [1.82, 2.24) is 0 Å². The number of rotatable bonds is 7. The predicted molar refractivity (Wildman–Crippen MR) is 75.0 cm³/mol. The van der Waals surface area contributed by atoms with Crippen molar-refractivity contribution >= 4 is 17.3 Å². The molecule has 0 bridgehead atoms. The van der Waals surface area contributed by atoms with Crippen LogP contribution in [0.15, 0.2) is 18.2 Å². The van der Waals surface area contributed by atoms with E-state index in [1.54, 1.807) is 0 Å². The Morgan fingerprint density at radius 3 is 2.71 bits per heavy atom. The highest BCUT2D eigenvalue weighted by Crippen LogP contribution is 2.24. The number of hydrogen-bond donors (Lipinski definition) is 1. The summed E-state index contributed by atoms with van der Waals surface area (Å²) >= 11 is 6.11. The van der Waals surface area contributed by atoms with E-state index in [4.69, 9.17) is 16.3 Å². The van der Waals surface area contributed by atoms with Crippen LogP contribution in [0.1, 0.15) is 25.8 Å². The van der Waals surface area contributed by atoms with Crippen LogP contribution in [-0.4, -0.2) is 19.8 Å². The first-order valence-electron chi connectivity index (χ1n) is 6.18. The Bertz CT molecular complexity index is 319. The van der Waals surface area contributed by atoms with E-state index in [0.717, 1.165) is 36.9 Å². The van der Waals surface area contributed by atoms with Crippen molar-refractivity contribution < 1.29 is 4.74 Å². The van der Waals surface area contributed by atoms with Crippen molar-refractivity contribution in [3.63, 3.8) is 0 Å². The second-order valence-electron chi connectivity index (χ2n) is 4.65. The Morgan fingerprint density at radius 2 is 2.06 bits per heavy atom. The first-order valence-corrected chi connectivity index (χ1v) is 6.55. The Labute approximate surface area is 109 Å². The first kappa shape index (κ1) is 14.3. The fourth-order valence-electron chi connectivity index (χ4n) is 1.53. The van der Waals surface area contributed by atoms with E-state index < -0.39 is 0 Å². The molecular weight excluding hydrogens is 234 g/mol. The van der Waals surface area contributed by atoms with Crippen molar-refractivity contribution in [3.8, 4) is 0 Å². The maximum atomic E-state index is 6.11. The van der Waals surface area contributed by atoms with E-state index in [-0.39, 0.29) is 0 Å². The second kappa shape index (κ2) is 7.57. The van der Waals surface area contributed by atoms with Crippen molar-refractivity contribution in [2.24, 2.45) is 5.92 Å². The molecule has 17 heavy (non-hydrogen) atoms. The third-order valence-electron chi connectivity index (χ3n) is 2.61. The molecule has 0 saturated heterocycles. The molecule has 0 spiro atoms. The lowest BCUT2D eigenvalue weighted by Crippen LogP contribution is -2.11. The average Bonchev–Trinajstić information content (AvgIpc) is 2.26. The average molecular weight is 256 g/mol. The lowest BCUT2D eigenvalue weighted by Gasteiger charge is -2.12. The van der Waals surface area contributed by atoms with E-state index in [1.165, 1.54) is 5.56 Å². The second-order valence-corrected chi connectivity index (χ2v) is 5.06. The summed E-state index contributed by atoms with van der Waals surface area (Å²) in [6, 6.07) is 5.91. The molecule has 0 heterocycles. The number of para-hydroxylation sites is 1. The number of anilines is 1. The Balaban J connectivity index is 2.22. The molecule has 0 atom stereocenters. The van der Waals surface area contributed by atoms with Crippen molar-refractivity contribution in [2.75, 3.05) is 25.1 Å². The molecule has 0 unspecified atom stereocenters. The standard InChI is InChI=1S/C14H22ClNO/c1-11(2)7-9-17-10-8-16-14-12(3)5-4-6-13(14)15/h4-6,11,16H,7-10H2,1-3H3. The van der Waals surface area contributed by atoms with Gasteiger partial charge in [0, 0.05) is 13.2 Å². The van der Waals surface area contributed by atoms with Gasteiger partial charge in [-0.15, -0.1) is 0 Å². The molecule has 0 saturated carbocycles. The maximum absolute atomic E-state index is 6.11. The fourth-order valence-corrected chi connectivity index (χ4v) is 1.81. The summed E-state index contributed by atoms with van der Waals surface area (Å²) < 4.78 is 5.54. The summed E-state index contributed by atoms with van der Waals surface area (Å²) in [7, 11) is 0. The molecule has 0 radical (unpaired) electrons. The topological polar surface area (TPSA) is 21.3 Å². The lowest BCUT2D eigenvalue weighted by atomic mass is 10.1. The van der Waals surface area contributed by atoms with Gasteiger partial charge in [-0.05, 0) is 30.9 Å². The van der Waals surface area contributed by atoms with Gasteiger partial charge in [0.05, 0.1) is 17.3 Å². The molecule has 0 aliphatic rings. The summed E-state index contributed by atoms with van der Waals surface area (Å²) in [5.74, 6) is 0.703. The van der Waals surface area contributed by atoms with Gasteiger partial charge in [-0.25, -0.2) is 0 Å². The summed E-state index contributed by atoms with van der Waals surface area (Å²) in [6.07, 6.45) is 1.12. The van der Waals surface area contributed by atoms with Gasteiger partial charge in [-0.1, -0.05) is 37.6 Å². The summed E-state index contributed by atoms with van der Waals surface area (Å²) in [5.41, 5.74) is 2.18. The van der Waals surface area contributed by atoms with E-state index in [0.29, 0.717) is 5.92 Å². The molecule has 1 aromatic rings. The highest BCUT2D eigenvalue weighted by Gasteiger charge is 2.02. The van der Waals surface area contributed by atoms with Crippen LogP contribution in [0.3, 0.4) is 0 Å². The summed E-state index contributed by atoms with van der Waals surface area (Å²) in [6.45, 7) is 8.80. The minimum absolute atomic E-state index is 0.703. The van der Waals surface area contributed by atoms with E-state index in [9.17, 15) is 0 Å². The van der Waals surface area contributed by atoms with Gasteiger partial charge >= 0.3 is 0 Å². The molecule has 3 heteroatoms. The van der Waals surface area contributed by atoms with Crippen LogP contribution in [-0.2, 0) is 4.74 Å². The fraction of sp³-hybridized carbons (Fsp3) is 0.571. The van der Waals surface area contributed by atoms with Gasteiger partial charge in [-0.2, -0.15) is 0 Å². The lowest BCUT2D eigenvalue weighted by molar-refractivity contribution is 0.132. The number of hydrogen-bond acceptors (Lipinski definition) is 2. The van der Waals surface area contributed by atoms with Gasteiger partial charge in [0.15, 0.2) is 0 Å². The van der Waals surface area contributed by atoms with Crippen molar-refractivity contribution in [2.45, 2.75) is 27.2 Å². The number of aryl methyl sites for hydroxylation is 1. The molecule has 96 valence electrons. The molecule has 0 aliphatic heterocycles. The minimum Gasteiger partial charge on any atom is -0.381 e. The zero-order valence-corrected chi connectivity index (χ0v) is 11.7. The Kier molecular flexibility index (Phi) is 6.38. The van der Waals surface area contributed by atoms with Gasteiger partial charge in [0.1, 0.15) is 0 Å². The van der Waals surface area contributed by atoms with Crippen LogP contribution in [0.25, 0.3) is 0 Å². The van der Waals surface area contributed by atoms with Crippen LogP contribution in [0.2, 0.25) is 5.02 Å². The molecule has 1 rings (SSSR count). The SMILES string of the molecule is Cc1cccc(Cl)c1NCCOCCC(C)C.